The Hall–Kier alpha value is -3.67. The molecule has 2 aromatic carbocycles. The van der Waals surface area contributed by atoms with E-state index < -0.39 is 35.9 Å². The minimum atomic E-state index is -2.98. The van der Waals surface area contributed by atoms with E-state index >= 15 is 0 Å². The van der Waals surface area contributed by atoms with Crippen molar-refractivity contribution in [3.63, 3.8) is 0 Å². The second-order valence-electron chi connectivity index (χ2n) is 12.6. The number of ether oxygens (including phenoxy) is 1. The van der Waals surface area contributed by atoms with Crippen molar-refractivity contribution in [2.45, 2.75) is 76.0 Å². The molecule has 1 amide bonds. The predicted octanol–water partition coefficient (Wildman–Crippen LogP) is 5.78. The fourth-order valence-electron chi connectivity index (χ4n) is 7.64. The number of halogens is 4. The number of aryl methyl sites for hydroxylation is 1. The first-order chi connectivity index (χ1) is 21.1. The number of phenols is 1. The number of aromatic hydroxyl groups is 1. The maximum atomic E-state index is 14.9. The van der Waals surface area contributed by atoms with E-state index in [-0.39, 0.29) is 49.3 Å². The van der Waals surface area contributed by atoms with Crippen LogP contribution in [0, 0.1) is 5.82 Å². The van der Waals surface area contributed by atoms with Crippen LogP contribution in [0.15, 0.2) is 24.3 Å². The van der Waals surface area contributed by atoms with Gasteiger partial charge >= 0.3 is 6.01 Å². The molecule has 44 heavy (non-hydrogen) atoms. The van der Waals surface area contributed by atoms with Gasteiger partial charge in [0.05, 0.1) is 30.0 Å². The molecule has 3 aromatic rings. The number of phenolic OH excluding ortho intramolecular Hbond substituents is 1. The Kier molecular flexibility index (Phi) is 7.10. The Bertz CT molecular complexity index is 1640. The summed E-state index contributed by atoms with van der Waals surface area (Å²) < 4.78 is 65.2. The standard InChI is InChI=1S/C32H35F4N5O3/c1-2-22-23(34)7-6-19-12-21(42)13-25(26(19)22)41-16-24-27(29(41)43)28(39-10-4-3-9-32(35,36)17-39)38-30(37-24)44-18-31-8-5-11-40(31)15-20(33)14-31/h6-7,12-13,20,42H,2-5,8-11,14-18H2,1H3/t20-,31+/m1/s1. The highest BCUT2D eigenvalue weighted by Crippen LogP contribution is 2.43. The van der Waals surface area contributed by atoms with Gasteiger partial charge in [-0.3, -0.25) is 9.69 Å². The smallest absolute Gasteiger partial charge is 0.318 e. The quantitative estimate of drug-likeness (QED) is 0.353. The summed E-state index contributed by atoms with van der Waals surface area (Å²) in [4.78, 5) is 28.3. The van der Waals surface area contributed by atoms with Crippen LogP contribution in [0.25, 0.3) is 10.8 Å². The van der Waals surface area contributed by atoms with E-state index in [0.29, 0.717) is 59.9 Å². The Morgan fingerprint density at radius 1 is 1.11 bits per heavy atom. The summed E-state index contributed by atoms with van der Waals surface area (Å²) in [6.45, 7) is 2.71. The van der Waals surface area contributed by atoms with Crippen molar-refractivity contribution in [2.75, 3.05) is 42.6 Å². The molecule has 3 fully saturated rings. The second kappa shape index (κ2) is 10.7. The number of hydrogen-bond donors (Lipinski definition) is 1. The molecule has 4 aliphatic rings. The van der Waals surface area contributed by atoms with Gasteiger partial charge in [-0.15, -0.1) is 0 Å². The number of alkyl halides is 3. The molecule has 1 N–H and O–H groups in total. The van der Waals surface area contributed by atoms with Gasteiger partial charge in [0.25, 0.3) is 11.8 Å². The predicted molar refractivity (Wildman–Crippen MR) is 157 cm³/mol. The molecule has 0 unspecified atom stereocenters. The SMILES string of the molecule is CCc1c(F)ccc2cc(O)cc(N3Cc4nc(OC[C@@]56CCCN5C[C@H](F)C6)nc(N5CCCCC(F)(F)C5)c4C3=O)c12. The second-order valence-corrected chi connectivity index (χ2v) is 12.6. The summed E-state index contributed by atoms with van der Waals surface area (Å²) in [5, 5.41) is 11.6. The van der Waals surface area contributed by atoms with Crippen LogP contribution in [0.3, 0.4) is 0 Å². The number of rotatable bonds is 6. The van der Waals surface area contributed by atoms with Crippen molar-refractivity contribution in [1.29, 1.82) is 0 Å². The molecule has 1 aromatic heterocycles. The molecule has 0 saturated carbocycles. The van der Waals surface area contributed by atoms with Gasteiger partial charge in [-0.25, -0.2) is 17.6 Å². The Morgan fingerprint density at radius 2 is 1.95 bits per heavy atom. The third-order valence-electron chi connectivity index (χ3n) is 9.66. The largest absolute Gasteiger partial charge is 0.508 e. The summed E-state index contributed by atoms with van der Waals surface area (Å²) >= 11 is 0. The average molecular weight is 614 g/mol. The summed E-state index contributed by atoms with van der Waals surface area (Å²) in [5.41, 5.74) is 0.609. The van der Waals surface area contributed by atoms with Crippen LogP contribution in [0.4, 0.5) is 29.1 Å². The van der Waals surface area contributed by atoms with Gasteiger partial charge < -0.3 is 19.6 Å². The number of aromatic nitrogens is 2. The van der Waals surface area contributed by atoms with Gasteiger partial charge in [-0.05, 0) is 61.7 Å². The Morgan fingerprint density at radius 3 is 2.77 bits per heavy atom. The van der Waals surface area contributed by atoms with Crippen molar-refractivity contribution in [3.8, 4) is 11.8 Å². The maximum Gasteiger partial charge on any atom is 0.318 e. The topological polar surface area (TPSA) is 82.0 Å². The molecule has 0 aliphatic carbocycles. The number of carbonyl (C=O) groups is 1. The van der Waals surface area contributed by atoms with Crippen molar-refractivity contribution in [3.05, 3.63) is 46.9 Å². The van der Waals surface area contributed by atoms with Crippen LogP contribution in [0.5, 0.6) is 11.8 Å². The highest BCUT2D eigenvalue weighted by molar-refractivity contribution is 6.16. The number of carbonyl (C=O) groups excluding carboxylic acids is 1. The number of fused-ring (bicyclic) bond motifs is 3. The molecule has 2 atom stereocenters. The lowest BCUT2D eigenvalue weighted by molar-refractivity contribution is 0.00328. The van der Waals surface area contributed by atoms with Crippen molar-refractivity contribution < 1.29 is 32.2 Å². The van der Waals surface area contributed by atoms with Crippen molar-refractivity contribution in [1.82, 2.24) is 14.9 Å². The zero-order chi connectivity index (χ0) is 30.8. The highest BCUT2D eigenvalue weighted by atomic mass is 19.3. The molecule has 4 aliphatic heterocycles. The van der Waals surface area contributed by atoms with E-state index in [2.05, 4.69) is 14.9 Å². The molecule has 8 nitrogen and oxygen atoms in total. The first-order valence-electron chi connectivity index (χ1n) is 15.4. The summed E-state index contributed by atoms with van der Waals surface area (Å²) in [6.07, 6.45) is 2.02. The fraction of sp³-hybridized carbons (Fsp3) is 0.531. The summed E-state index contributed by atoms with van der Waals surface area (Å²) in [6, 6.07) is 5.76. The Labute approximate surface area is 252 Å². The first-order valence-corrected chi connectivity index (χ1v) is 15.4. The molecule has 12 heteroatoms. The lowest BCUT2D eigenvalue weighted by atomic mass is 9.95. The van der Waals surface area contributed by atoms with Gasteiger partial charge in [-0.1, -0.05) is 13.0 Å². The molecule has 0 spiro atoms. The highest BCUT2D eigenvalue weighted by Gasteiger charge is 2.49. The number of amides is 1. The lowest BCUT2D eigenvalue weighted by Gasteiger charge is -2.31. The van der Waals surface area contributed by atoms with E-state index in [1.54, 1.807) is 6.07 Å². The Balaban J connectivity index is 1.31. The third-order valence-corrected chi connectivity index (χ3v) is 9.66. The van der Waals surface area contributed by atoms with Crippen molar-refractivity contribution >= 4 is 28.2 Å². The van der Waals surface area contributed by atoms with E-state index in [1.807, 2.05) is 6.92 Å². The van der Waals surface area contributed by atoms with Gasteiger partial charge in [0, 0.05) is 37.4 Å². The monoisotopic (exact) mass is 613 g/mol. The molecule has 0 radical (unpaired) electrons. The van der Waals surface area contributed by atoms with Crippen LogP contribution in [-0.2, 0) is 13.0 Å². The molecule has 7 rings (SSSR count). The zero-order valence-corrected chi connectivity index (χ0v) is 24.6. The van der Waals surface area contributed by atoms with Gasteiger partial charge in [0.15, 0.2) is 0 Å². The minimum absolute atomic E-state index is 0.0493. The van der Waals surface area contributed by atoms with Crippen LogP contribution >= 0.6 is 0 Å². The van der Waals surface area contributed by atoms with E-state index in [4.69, 9.17) is 4.74 Å². The molecular formula is C32H35F4N5O3. The molecule has 5 heterocycles. The average Bonchev–Trinajstić information content (AvgIpc) is 3.57. The van der Waals surface area contributed by atoms with E-state index in [9.17, 15) is 27.5 Å². The first kappa shape index (κ1) is 29.1. The zero-order valence-electron chi connectivity index (χ0n) is 24.6. The van der Waals surface area contributed by atoms with E-state index in [0.717, 1.165) is 19.4 Å². The molecule has 234 valence electrons. The molecule has 0 bridgehead atoms. The normalized spacial score (nSPS) is 25.0. The maximum absolute atomic E-state index is 14.9. The van der Waals surface area contributed by atoms with Crippen molar-refractivity contribution in [2.24, 2.45) is 0 Å². The van der Waals surface area contributed by atoms with E-state index in [1.165, 1.54) is 28.0 Å². The van der Waals surface area contributed by atoms with Crippen LogP contribution in [0.1, 0.15) is 67.1 Å². The van der Waals surface area contributed by atoms with Crippen LogP contribution < -0.4 is 14.5 Å². The number of nitrogens with zero attached hydrogens (tertiary/aromatic N) is 5. The van der Waals surface area contributed by atoms with Crippen LogP contribution in [0.2, 0.25) is 0 Å². The third kappa shape index (κ3) is 4.91. The number of benzene rings is 2. The summed E-state index contributed by atoms with van der Waals surface area (Å²) in [5.74, 6) is -3.96. The molecular weight excluding hydrogens is 578 g/mol. The van der Waals surface area contributed by atoms with Gasteiger partial charge in [0.2, 0.25) is 0 Å². The minimum Gasteiger partial charge on any atom is -0.508 e. The number of anilines is 2. The van der Waals surface area contributed by atoms with Crippen LogP contribution in [-0.4, -0.2) is 76.3 Å². The number of hydrogen-bond acceptors (Lipinski definition) is 7. The fourth-order valence-corrected chi connectivity index (χ4v) is 7.64. The summed E-state index contributed by atoms with van der Waals surface area (Å²) in [7, 11) is 0. The molecule has 3 saturated heterocycles. The van der Waals surface area contributed by atoms with Gasteiger partial charge in [-0.2, -0.15) is 9.97 Å². The lowest BCUT2D eigenvalue weighted by Crippen LogP contribution is -2.43. The van der Waals surface area contributed by atoms with Gasteiger partial charge in [0.1, 0.15) is 35.7 Å².